The standard InChI is InChI=1S/C42H67N2/c1-4-6-8-10-12-14-15-16-17-19-27-33-43-37-41(35-38(3)40-31-25-22-26-32-40)44(34-28-20-18-13-11-9-7-5-2)42(43)36-39-29-23-21-24-30-39/h21-26,29-32,37-38H,4-20,27-28,33-36H2,1-3H3/q+1. The Bertz CT molecular complexity index is 1080. The number of rotatable bonds is 26. The zero-order valence-electron chi connectivity index (χ0n) is 29.1. The molecule has 1 unspecified atom stereocenters. The molecule has 2 aromatic carbocycles. The molecule has 2 nitrogen and oxygen atoms in total. The fraction of sp³-hybridized carbons (Fsp3) is 0.643. The van der Waals surface area contributed by atoms with Crippen molar-refractivity contribution in [3.8, 4) is 0 Å². The summed E-state index contributed by atoms with van der Waals surface area (Å²) in [6.07, 6.45) is 31.0. The van der Waals surface area contributed by atoms with Gasteiger partial charge >= 0.3 is 0 Å². The monoisotopic (exact) mass is 600 g/mol. The van der Waals surface area contributed by atoms with E-state index in [0.717, 1.165) is 25.9 Å². The van der Waals surface area contributed by atoms with Crippen molar-refractivity contribution in [1.29, 1.82) is 0 Å². The quantitative estimate of drug-likeness (QED) is 0.0641. The first-order valence-electron chi connectivity index (χ1n) is 18.9. The average Bonchev–Trinajstić information content (AvgIpc) is 3.36. The second kappa shape index (κ2) is 23.1. The van der Waals surface area contributed by atoms with Gasteiger partial charge in [0.25, 0.3) is 5.82 Å². The fourth-order valence-electron chi connectivity index (χ4n) is 6.81. The lowest BCUT2D eigenvalue weighted by Crippen LogP contribution is -2.41. The lowest BCUT2D eigenvalue weighted by Gasteiger charge is -2.12. The van der Waals surface area contributed by atoms with Crippen LogP contribution in [0.25, 0.3) is 0 Å². The first kappa shape index (κ1) is 36.1. The summed E-state index contributed by atoms with van der Waals surface area (Å²) < 4.78 is 5.39. The van der Waals surface area contributed by atoms with E-state index < -0.39 is 0 Å². The highest BCUT2D eigenvalue weighted by Gasteiger charge is 2.25. The molecule has 1 atom stereocenters. The molecule has 0 N–H and O–H groups in total. The molecule has 0 amide bonds. The van der Waals surface area contributed by atoms with Crippen molar-refractivity contribution in [3.05, 3.63) is 89.5 Å². The van der Waals surface area contributed by atoms with Crippen molar-refractivity contribution in [3.63, 3.8) is 0 Å². The molecule has 2 heteroatoms. The Morgan fingerprint density at radius 3 is 1.59 bits per heavy atom. The number of imidazole rings is 1. The molecule has 0 aliphatic heterocycles. The number of nitrogens with zero attached hydrogens (tertiary/aromatic N) is 2. The first-order valence-corrected chi connectivity index (χ1v) is 18.9. The Morgan fingerprint density at radius 1 is 0.568 bits per heavy atom. The van der Waals surface area contributed by atoms with Gasteiger partial charge in [0, 0.05) is 6.42 Å². The van der Waals surface area contributed by atoms with Gasteiger partial charge < -0.3 is 0 Å². The molecule has 244 valence electrons. The van der Waals surface area contributed by atoms with Crippen LogP contribution in [0.1, 0.15) is 171 Å². The maximum absolute atomic E-state index is 2.74. The highest BCUT2D eigenvalue weighted by atomic mass is 15.2. The predicted octanol–water partition coefficient (Wildman–Crippen LogP) is 12.2. The molecular formula is C42H67N2+. The molecule has 44 heavy (non-hydrogen) atoms. The van der Waals surface area contributed by atoms with Crippen molar-refractivity contribution >= 4 is 0 Å². The van der Waals surface area contributed by atoms with Crippen LogP contribution >= 0.6 is 0 Å². The van der Waals surface area contributed by atoms with Crippen LogP contribution in [0.3, 0.4) is 0 Å². The summed E-state index contributed by atoms with van der Waals surface area (Å²) in [5.41, 5.74) is 4.41. The van der Waals surface area contributed by atoms with E-state index in [4.69, 9.17) is 0 Å². The molecule has 3 aromatic rings. The summed E-state index contributed by atoms with van der Waals surface area (Å²) in [6.45, 7) is 9.33. The van der Waals surface area contributed by atoms with E-state index in [9.17, 15) is 0 Å². The summed E-state index contributed by atoms with van der Waals surface area (Å²) >= 11 is 0. The predicted molar refractivity (Wildman–Crippen MR) is 192 cm³/mol. The van der Waals surface area contributed by atoms with Crippen molar-refractivity contribution < 1.29 is 4.57 Å². The summed E-state index contributed by atoms with van der Waals surface area (Å²) in [7, 11) is 0. The molecule has 3 rings (SSSR count). The number of hydrogen-bond donors (Lipinski definition) is 0. The Morgan fingerprint density at radius 2 is 1.05 bits per heavy atom. The highest BCUT2D eigenvalue weighted by molar-refractivity contribution is 5.21. The summed E-state index contributed by atoms with van der Waals surface area (Å²) in [5, 5.41) is 0. The average molecular weight is 600 g/mol. The molecule has 1 heterocycles. The van der Waals surface area contributed by atoms with Crippen LogP contribution in [0.5, 0.6) is 0 Å². The second-order valence-electron chi connectivity index (χ2n) is 13.6. The number of unbranched alkanes of at least 4 members (excludes halogenated alkanes) is 17. The van der Waals surface area contributed by atoms with E-state index in [1.807, 2.05) is 0 Å². The Hall–Kier alpha value is -2.35. The van der Waals surface area contributed by atoms with E-state index in [1.165, 1.54) is 145 Å². The van der Waals surface area contributed by atoms with Gasteiger partial charge in [-0.3, -0.25) is 0 Å². The summed E-state index contributed by atoms with van der Waals surface area (Å²) in [5.74, 6) is 2.03. The van der Waals surface area contributed by atoms with Crippen LogP contribution in [0.15, 0.2) is 66.9 Å². The van der Waals surface area contributed by atoms with Crippen LogP contribution in [-0.4, -0.2) is 4.57 Å². The third kappa shape index (κ3) is 14.2. The van der Waals surface area contributed by atoms with Gasteiger partial charge in [-0.2, -0.15) is 0 Å². The van der Waals surface area contributed by atoms with Crippen molar-refractivity contribution in [2.24, 2.45) is 0 Å². The molecule has 0 fully saturated rings. The van der Waals surface area contributed by atoms with Gasteiger partial charge in [0.1, 0.15) is 11.9 Å². The maximum Gasteiger partial charge on any atom is 0.261 e. The van der Waals surface area contributed by atoms with E-state index in [0.29, 0.717) is 5.92 Å². The largest absolute Gasteiger partial charge is 0.261 e. The topological polar surface area (TPSA) is 8.81 Å². The van der Waals surface area contributed by atoms with Gasteiger partial charge in [-0.1, -0.05) is 178 Å². The molecule has 0 aliphatic carbocycles. The van der Waals surface area contributed by atoms with E-state index >= 15 is 0 Å². The molecule has 0 spiro atoms. The zero-order chi connectivity index (χ0) is 31.1. The minimum absolute atomic E-state index is 0.517. The third-order valence-corrected chi connectivity index (χ3v) is 9.62. The smallest absolute Gasteiger partial charge is 0.234 e. The third-order valence-electron chi connectivity index (χ3n) is 9.62. The molecular weight excluding hydrogens is 532 g/mol. The summed E-state index contributed by atoms with van der Waals surface area (Å²) in [6, 6.07) is 22.3. The SMILES string of the molecule is CCCCCCCCCCCCCn1cc(CC(C)c2ccccc2)[n+](CCCCCCCCCC)c1Cc1ccccc1. The fourth-order valence-corrected chi connectivity index (χ4v) is 6.81. The van der Waals surface area contributed by atoms with Crippen LogP contribution < -0.4 is 4.57 Å². The molecule has 0 saturated carbocycles. The van der Waals surface area contributed by atoms with E-state index in [2.05, 4.69) is 96.8 Å². The van der Waals surface area contributed by atoms with E-state index in [1.54, 1.807) is 0 Å². The molecule has 0 aliphatic rings. The summed E-state index contributed by atoms with van der Waals surface area (Å²) in [4.78, 5) is 0. The van der Waals surface area contributed by atoms with Crippen LogP contribution in [0.4, 0.5) is 0 Å². The van der Waals surface area contributed by atoms with E-state index in [-0.39, 0.29) is 0 Å². The molecule has 0 bridgehead atoms. The Balaban J connectivity index is 1.65. The van der Waals surface area contributed by atoms with Crippen molar-refractivity contribution in [2.75, 3.05) is 0 Å². The molecule has 0 radical (unpaired) electrons. The van der Waals surface area contributed by atoms with Crippen molar-refractivity contribution in [2.45, 2.75) is 175 Å². The van der Waals surface area contributed by atoms with Gasteiger partial charge in [0.2, 0.25) is 0 Å². The second-order valence-corrected chi connectivity index (χ2v) is 13.6. The van der Waals surface area contributed by atoms with Gasteiger partial charge in [0.15, 0.2) is 0 Å². The minimum atomic E-state index is 0.517. The number of benzene rings is 2. The Kier molecular flexibility index (Phi) is 18.9. The Labute approximate surface area is 272 Å². The van der Waals surface area contributed by atoms with Crippen molar-refractivity contribution in [1.82, 2.24) is 4.57 Å². The highest BCUT2D eigenvalue weighted by Crippen LogP contribution is 2.21. The van der Waals surface area contributed by atoms with Gasteiger partial charge in [-0.15, -0.1) is 0 Å². The lowest BCUT2D eigenvalue weighted by molar-refractivity contribution is -0.710. The zero-order valence-corrected chi connectivity index (χ0v) is 29.1. The molecule has 0 saturated heterocycles. The number of hydrogen-bond acceptors (Lipinski definition) is 0. The van der Waals surface area contributed by atoms with Crippen LogP contribution in [0, 0.1) is 0 Å². The number of aromatic nitrogens is 2. The normalized spacial score (nSPS) is 12.2. The number of aryl methyl sites for hydroxylation is 1. The lowest BCUT2D eigenvalue weighted by atomic mass is 9.96. The first-order chi connectivity index (χ1) is 21.7. The van der Waals surface area contributed by atoms with Gasteiger partial charge in [-0.25, -0.2) is 9.13 Å². The maximum atomic E-state index is 2.74. The van der Waals surface area contributed by atoms with Gasteiger partial charge in [0.05, 0.1) is 19.5 Å². The van der Waals surface area contributed by atoms with Gasteiger partial charge in [-0.05, 0) is 42.7 Å². The van der Waals surface area contributed by atoms with Crippen LogP contribution in [-0.2, 0) is 25.9 Å². The van der Waals surface area contributed by atoms with Crippen LogP contribution in [0.2, 0.25) is 0 Å². The molecule has 1 aromatic heterocycles. The minimum Gasteiger partial charge on any atom is -0.234 e.